The number of hydrogen-bond acceptors (Lipinski definition) is 4. The summed E-state index contributed by atoms with van der Waals surface area (Å²) >= 11 is 0. The van der Waals surface area contributed by atoms with Gasteiger partial charge < -0.3 is 9.47 Å². The van der Waals surface area contributed by atoms with Gasteiger partial charge in [0.25, 0.3) is 11.8 Å². The third-order valence-corrected chi connectivity index (χ3v) is 3.19. The number of hydrogen-bond donors (Lipinski definition) is 2. The van der Waals surface area contributed by atoms with Crippen LogP contribution < -0.4 is 20.3 Å². The summed E-state index contributed by atoms with van der Waals surface area (Å²) in [5, 5.41) is 0. The normalized spacial score (nSPS) is 10.2. The molecule has 2 aromatic carbocycles. The van der Waals surface area contributed by atoms with Gasteiger partial charge in [0, 0.05) is 6.08 Å². The number of carbonyl (C=O) groups excluding carboxylic acids is 2. The van der Waals surface area contributed by atoms with E-state index in [1.807, 2.05) is 12.1 Å². The third-order valence-electron chi connectivity index (χ3n) is 3.19. The zero-order valence-corrected chi connectivity index (χ0v) is 13.4. The number of ether oxygens (including phenoxy) is 2. The molecule has 0 heterocycles. The minimum absolute atomic E-state index is 0.333. The Morgan fingerprint density at radius 3 is 2.29 bits per heavy atom. The number of amides is 2. The monoisotopic (exact) mass is 326 g/mol. The van der Waals surface area contributed by atoms with Crippen molar-refractivity contribution < 1.29 is 19.1 Å². The summed E-state index contributed by atoms with van der Waals surface area (Å²) in [6, 6.07) is 14.0. The molecule has 0 unspecified atom stereocenters. The van der Waals surface area contributed by atoms with Gasteiger partial charge in [0.2, 0.25) is 0 Å². The summed E-state index contributed by atoms with van der Waals surface area (Å²) in [5.74, 6) is 0.256. The average molecular weight is 326 g/mol. The second-order valence-corrected chi connectivity index (χ2v) is 4.75. The molecule has 0 aliphatic heterocycles. The molecule has 0 atom stereocenters. The lowest BCUT2D eigenvalue weighted by Crippen LogP contribution is -2.40. The van der Waals surface area contributed by atoms with E-state index in [9.17, 15) is 9.59 Å². The summed E-state index contributed by atoms with van der Waals surface area (Å²) in [5.41, 5.74) is 5.83. The van der Waals surface area contributed by atoms with Crippen LogP contribution in [0.5, 0.6) is 11.5 Å². The summed E-state index contributed by atoms with van der Waals surface area (Å²) in [7, 11) is 3.06. The molecule has 2 aromatic rings. The molecule has 0 fully saturated rings. The highest BCUT2D eigenvalue weighted by Crippen LogP contribution is 2.16. The molecule has 0 aromatic heterocycles. The second-order valence-electron chi connectivity index (χ2n) is 4.75. The van der Waals surface area contributed by atoms with Crippen LogP contribution in [0.2, 0.25) is 0 Å². The SMILES string of the molecule is COc1ccc(C=CC(=O)NNC(=O)c2ccccc2OC)cc1. The van der Waals surface area contributed by atoms with Gasteiger partial charge in [-0.1, -0.05) is 24.3 Å². The predicted molar refractivity (Wildman–Crippen MR) is 90.6 cm³/mol. The second kappa shape index (κ2) is 8.38. The smallest absolute Gasteiger partial charge is 0.273 e. The zero-order valence-electron chi connectivity index (χ0n) is 13.4. The van der Waals surface area contributed by atoms with E-state index in [4.69, 9.17) is 9.47 Å². The Kier molecular flexibility index (Phi) is 5.96. The van der Waals surface area contributed by atoms with Crippen LogP contribution in [0.1, 0.15) is 15.9 Å². The van der Waals surface area contributed by atoms with Crippen molar-refractivity contribution in [3.63, 3.8) is 0 Å². The Bertz CT molecular complexity index is 739. The van der Waals surface area contributed by atoms with Crippen molar-refractivity contribution in [3.05, 3.63) is 65.7 Å². The summed E-state index contributed by atoms with van der Waals surface area (Å²) in [4.78, 5) is 23.8. The molecule has 2 amide bonds. The van der Waals surface area contributed by atoms with Crippen molar-refractivity contribution in [1.29, 1.82) is 0 Å². The largest absolute Gasteiger partial charge is 0.497 e. The Morgan fingerprint density at radius 1 is 0.917 bits per heavy atom. The van der Waals surface area contributed by atoms with Gasteiger partial charge in [0.1, 0.15) is 11.5 Å². The Morgan fingerprint density at radius 2 is 1.62 bits per heavy atom. The fourth-order valence-electron chi connectivity index (χ4n) is 1.95. The molecule has 6 heteroatoms. The lowest BCUT2D eigenvalue weighted by molar-refractivity contribution is -0.117. The van der Waals surface area contributed by atoms with Crippen LogP contribution in [0.15, 0.2) is 54.6 Å². The van der Waals surface area contributed by atoms with Crippen LogP contribution in [-0.2, 0) is 4.79 Å². The lowest BCUT2D eigenvalue weighted by atomic mass is 10.2. The Hall–Kier alpha value is -3.28. The van der Waals surface area contributed by atoms with Gasteiger partial charge in [-0.05, 0) is 35.9 Å². The maximum Gasteiger partial charge on any atom is 0.273 e. The molecule has 6 nitrogen and oxygen atoms in total. The van der Waals surface area contributed by atoms with E-state index < -0.39 is 11.8 Å². The van der Waals surface area contributed by atoms with Crippen molar-refractivity contribution in [1.82, 2.24) is 10.9 Å². The molecule has 24 heavy (non-hydrogen) atoms. The minimum atomic E-state index is -0.460. The van der Waals surface area contributed by atoms with Crippen molar-refractivity contribution in [2.24, 2.45) is 0 Å². The predicted octanol–water partition coefficient (Wildman–Crippen LogP) is 2.18. The molecule has 2 rings (SSSR count). The van der Waals surface area contributed by atoms with E-state index in [0.717, 1.165) is 11.3 Å². The number of nitrogens with one attached hydrogen (secondary N) is 2. The topological polar surface area (TPSA) is 76.7 Å². The van der Waals surface area contributed by atoms with Crippen LogP contribution in [0.4, 0.5) is 0 Å². The highest BCUT2D eigenvalue weighted by Gasteiger charge is 2.11. The molecule has 0 saturated heterocycles. The highest BCUT2D eigenvalue weighted by molar-refractivity contribution is 5.99. The molecular formula is C18H18N2O4. The van der Waals surface area contributed by atoms with E-state index in [-0.39, 0.29) is 0 Å². The van der Waals surface area contributed by atoms with Crippen LogP contribution in [0.3, 0.4) is 0 Å². The van der Waals surface area contributed by atoms with Gasteiger partial charge in [-0.2, -0.15) is 0 Å². The van der Waals surface area contributed by atoms with E-state index in [1.54, 1.807) is 49.6 Å². The van der Waals surface area contributed by atoms with Crippen LogP contribution >= 0.6 is 0 Å². The Labute approximate surface area is 140 Å². The number of methoxy groups -OCH3 is 2. The first kappa shape index (κ1) is 17.1. The molecule has 0 aliphatic carbocycles. The Balaban J connectivity index is 1.90. The van der Waals surface area contributed by atoms with Crippen LogP contribution in [0.25, 0.3) is 6.08 Å². The van der Waals surface area contributed by atoms with Crippen molar-refractivity contribution >= 4 is 17.9 Å². The third kappa shape index (κ3) is 4.61. The fraction of sp³-hybridized carbons (Fsp3) is 0.111. The summed E-state index contributed by atoms with van der Waals surface area (Å²) in [6.45, 7) is 0. The van der Waals surface area contributed by atoms with E-state index in [2.05, 4.69) is 10.9 Å². The number of benzene rings is 2. The van der Waals surface area contributed by atoms with Gasteiger partial charge in [-0.25, -0.2) is 0 Å². The van der Waals surface area contributed by atoms with E-state index in [1.165, 1.54) is 13.2 Å². The first-order chi connectivity index (χ1) is 11.6. The fourth-order valence-corrected chi connectivity index (χ4v) is 1.95. The van der Waals surface area contributed by atoms with E-state index >= 15 is 0 Å². The lowest BCUT2D eigenvalue weighted by Gasteiger charge is -2.08. The summed E-state index contributed by atoms with van der Waals surface area (Å²) < 4.78 is 10.2. The zero-order chi connectivity index (χ0) is 17.4. The molecule has 0 aliphatic rings. The number of carbonyl (C=O) groups is 2. The molecule has 0 spiro atoms. The molecule has 0 radical (unpaired) electrons. The first-order valence-corrected chi connectivity index (χ1v) is 7.19. The van der Waals surface area contributed by atoms with Gasteiger partial charge in [-0.15, -0.1) is 0 Å². The van der Waals surface area contributed by atoms with Gasteiger partial charge in [-0.3, -0.25) is 20.4 Å². The first-order valence-electron chi connectivity index (χ1n) is 7.19. The molecule has 2 N–H and O–H groups in total. The van der Waals surface area contributed by atoms with Crippen molar-refractivity contribution in [2.75, 3.05) is 14.2 Å². The number of rotatable bonds is 5. The van der Waals surface area contributed by atoms with Crippen molar-refractivity contribution in [3.8, 4) is 11.5 Å². The standard InChI is InChI=1S/C18H18N2O4/c1-23-14-10-7-13(8-11-14)9-12-17(21)19-20-18(22)15-5-3-4-6-16(15)24-2/h3-12H,1-2H3,(H,19,21)(H,20,22). The minimum Gasteiger partial charge on any atom is -0.497 e. The van der Waals surface area contributed by atoms with Crippen LogP contribution in [0, 0.1) is 0 Å². The molecule has 0 saturated carbocycles. The van der Waals surface area contributed by atoms with Gasteiger partial charge in [0.15, 0.2) is 0 Å². The molecule has 0 bridgehead atoms. The maximum atomic E-state index is 12.0. The quantitative estimate of drug-likeness (QED) is 0.652. The number of hydrazine groups is 1. The summed E-state index contributed by atoms with van der Waals surface area (Å²) in [6.07, 6.45) is 2.95. The van der Waals surface area contributed by atoms with Crippen LogP contribution in [-0.4, -0.2) is 26.0 Å². The maximum absolute atomic E-state index is 12.0. The molecule has 124 valence electrons. The number of para-hydroxylation sites is 1. The average Bonchev–Trinajstić information content (AvgIpc) is 2.64. The van der Waals surface area contributed by atoms with Crippen molar-refractivity contribution in [2.45, 2.75) is 0 Å². The molecular weight excluding hydrogens is 308 g/mol. The highest BCUT2D eigenvalue weighted by atomic mass is 16.5. The van der Waals surface area contributed by atoms with E-state index in [0.29, 0.717) is 11.3 Å². The van der Waals surface area contributed by atoms with Gasteiger partial charge >= 0.3 is 0 Å². The van der Waals surface area contributed by atoms with Gasteiger partial charge in [0.05, 0.1) is 19.8 Å².